The van der Waals surface area contributed by atoms with Gasteiger partial charge in [0.15, 0.2) is 0 Å². The summed E-state index contributed by atoms with van der Waals surface area (Å²) in [5, 5.41) is 6.25. The van der Waals surface area contributed by atoms with Crippen molar-refractivity contribution in [3.8, 4) is 0 Å². The Kier molecular flexibility index (Phi) is 9.02. The molecule has 18 heavy (non-hydrogen) atoms. The molecule has 4 nitrogen and oxygen atoms in total. The normalized spacial score (nSPS) is 14.9. The number of amides is 1. The topological polar surface area (TPSA) is 50.4 Å². The summed E-state index contributed by atoms with van der Waals surface area (Å²) >= 11 is 0. The summed E-state index contributed by atoms with van der Waals surface area (Å²) in [6.45, 7) is 14.2. The summed E-state index contributed by atoms with van der Waals surface area (Å²) in [6, 6.07) is 0.439. The van der Waals surface area contributed by atoms with Gasteiger partial charge in [-0.2, -0.15) is 0 Å². The molecule has 0 aromatic rings. The van der Waals surface area contributed by atoms with Gasteiger partial charge < -0.3 is 15.4 Å². The fraction of sp³-hybridized carbons (Fsp3) is 0.929. The predicted octanol–water partition coefficient (Wildman–Crippen LogP) is 1.80. The van der Waals surface area contributed by atoms with Crippen LogP contribution in [0.1, 0.15) is 41.5 Å². The van der Waals surface area contributed by atoms with E-state index in [2.05, 4.69) is 38.3 Å². The van der Waals surface area contributed by atoms with E-state index < -0.39 is 0 Å². The molecule has 0 fully saturated rings. The first-order valence-electron chi connectivity index (χ1n) is 6.98. The third-order valence-electron chi connectivity index (χ3n) is 3.22. The second-order valence-corrected chi connectivity index (χ2v) is 5.49. The highest BCUT2D eigenvalue weighted by molar-refractivity contribution is 5.78. The molecule has 0 aliphatic rings. The Balaban J connectivity index is 3.99. The molecule has 4 heteroatoms. The Morgan fingerprint density at radius 3 is 2.17 bits per heavy atom. The number of carbonyl (C=O) groups is 1. The highest BCUT2D eigenvalue weighted by Gasteiger charge is 2.15. The maximum atomic E-state index is 11.7. The molecule has 0 saturated carbocycles. The average Bonchev–Trinajstić information content (AvgIpc) is 2.28. The van der Waals surface area contributed by atoms with E-state index in [-0.39, 0.29) is 18.0 Å². The minimum Gasteiger partial charge on any atom is -0.380 e. The molecule has 1 amide bonds. The third-order valence-corrected chi connectivity index (χ3v) is 3.22. The summed E-state index contributed by atoms with van der Waals surface area (Å²) in [7, 11) is 0. The van der Waals surface area contributed by atoms with E-state index in [1.807, 2.05) is 13.8 Å². The Morgan fingerprint density at radius 2 is 1.72 bits per heavy atom. The van der Waals surface area contributed by atoms with Gasteiger partial charge in [0.05, 0.1) is 13.2 Å². The Hall–Kier alpha value is -0.610. The van der Waals surface area contributed by atoms with Crippen LogP contribution in [0.25, 0.3) is 0 Å². The minimum absolute atomic E-state index is 0.0540. The fourth-order valence-electron chi connectivity index (χ4n) is 1.43. The van der Waals surface area contributed by atoms with E-state index in [1.54, 1.807) is 0 Å². The van der Waals surface area contributed by atoms with Gasteiger partial charge in [-0.25, -0.2) is 0 Å². The van der Waals surface area contributed by atoms with Gasteiger partial charge in [-0.3, -0.25) is 4.79 Å². The lowest BCUT2D eigenvalue weighted by molar-refractivity contribution is -0.121. The second-order valence-electron chi connectivity index (χ2n) is 5.49. The van der Waals surface area contributed by atoms with Crippen molar-refractivity contribution in [3.63, 3.8) is 0 Å². The first-order valence-corrected chi connectivity index (χ1v) is 6.98. The van der Waals surface area contributed by atoms with Crippen LogP contribution in [0, 0.1) is 11.8 Å². The van der Waals surface area contributed by atoms with Gasteiger partial charge in [0.25, 0.3) is 0 Å². The zero-order valence-electron chi connectivity index (χ0n) is 12.7. The molecular weight excluding hydrogens is 228 g/mol. The van der Waals surface area contributed by atoms with Crippen molar-refractivity contribution in [2.45, 2.75) is 53.6 Å². The third kappa shape index (κ3) is 7.67. The van der Waals surface area contributed by atoms with Crippen LogP contribution in [0.2, 0.25) is 0 Å². The maximum absolute atomic E-state index is 11.7. The van der Waals surface area contributed by atoms with Crippen molar-refractivity contribution in [3.05, 3.63) is 0 Å². The molecule has 0 spiro atoms. The molecule has 0 aliphatic heterocycles. The van der Waals surface area contributed by atoms with Crippen LogP contribution in [0.3, 0.4) is 0 Å². The van der Waals surface area contributed by atoms with Crippen molar-refractivity contribution in [1.82, 2.24) is 10.6 Å². The predicted molar refractivity (Wildman–Crippen MR) is 75.6 cm³/mol. The molecule has 0 rings (SSSR count). The van der Waals surface area contributed by atoms with Crippen LogP contribution >= 0.6 is 0 Å². The van der Waals surface area contributed by atoms with Crippen molar-refractivity contribution in [2.24, 2.45) is 11.8 Å². The smallest absolute Gasteiger partial charge is 0.234 e. The van der Waals surface area contributed by atoms with Crippen LogP contribution in [0.15, 0.2) is 0 Å². The molecule has 0 aromatic heterocycles. The molecule has 108 valence electrons. The zero-order valence-corrected chi connectivity index (χ0v) is 12.7. The summed E-state index contributed by atoms with van der Waals surface area (Å²) in [4.78, 5) is 11.7. The molecule has 0 bridgehead atoms. The first kappa shape index (κ1) is 17.4. The van der Waals surface area contributed by atoms with E-state index in [1.165, 1.54) is 0 Å². The van der Waals surface area contributed by atoms with Gasteiger partial charge in [0.2, 0.25) is 5.91 Å². The molecule has 0 saturated heterocycles. The maximum Gasteiger partial charge on any atom is 0.234 e. The van der Waals surface area contributed by atoms with Gasteiger partial charge in [0.1, 0.15) is 0 Å². The van der Waals surface area contributed by atoms with Crippen LogP contribution in [-0.2, 0) is 9.53 Å². The molecule has 0 aliphatic carbocycles. The molecule has 2 unspecified atom stereocenters. The second kappa shape index (κ2) is 9.34. The fourth-order valence-corrected chi connectivity index (χ4v) is 1.43. The van der Waals surface area contributed by atoms with E-state index in [9.17, 15) is 4.79 Å². The quantitative estimate of drug-likeness (QED) is 0.663. The minimum atomic E-state index is 0.0540. The van der Waals surface area contributed by atoms with Crippen LogP contribution < -0.4 is 10.6 Å². The number of rotatable bonds is 9. The largest absolute Gasteiger partial charge is 0.380 e. The monoisotopic (exact) mass is 258 g/mol. The highest BCUT2D eigenvalue weighted by Crippen LogP contribution is 2.02. The zero-order chi connectivity index (χ0) is 14.1. The van der Waals surface area contributed by atoms with Crippen molar-refractivity contribution < 1.29 is 9.53 Å². The van der Waals surface area contributed by atoms with E-state index in [0.717, 1.165) is 0 Å². The summed E-state index contributed by atoms with van der Waals surface area (Å²) in [5.41, 5.74) is 0. The number of ether oxygens (including phenoxy) is 1. The van der Waals surface area contributed by atoms with Crippen molar-refractivity contribution in [2.75, 3.05) is 19.8 Å². The standard InChI is InChI=1S/C14H30N2O2/c1-7-18-9-13(11(4)5)15-8-14(17)16-12(6)10(2)3/h10-13,15H,7-9H2,1-6H3,(H,16,17). The van der Waals surface area contributed by atoms with Crippen molar-refractivity contribution in [1.29, 1.82) is 0 Å². The van der Waals surface area contributed by atoms with E-state index >= 15 is 0 Å². The molecule has 2 atom stereocenters. The van der Waals surface area contributed by atoms with Gasteiger partial charge in [0, 0.05) is 18.7 Å². The number of hydrogen-bond donors (Lipinski definition) is 2. The molecule has 2 N–H and O–H groups in total. The van der Waals surface area contributed by atoms with Crippen LogP contribution in [0.5, 0.6) is 0 Å². The lowest BCUT2D eigenvalue weighted by atomic mass is 10.1. The molecular formula is C14H30N2O2. The average molecular weight is 258 g/mol. The summed E-state index contributed by atoms with van der Waals surface area (Å²) in [6.07, 6.45) is 0. The Bertz CT molecular complexity index is 230. The number of nitrogens with one attached hydrogen (secondary N) is 2. The molecule has 0 heterocycles. The SMILES string of the molecule is CCOCC(NCC(=O)NC(C)C(C)C)C(C)C. The highest BCUT2D eigenvalue weighted by atomic mass is 16.5. The molecule has 0 radical (unpaired) electrons. The Morgan fingerprint density at radius 1 is 1.11 bits per heavy atom. The number of hydrogen-bond acceptors (Lipinski definition) is 3. The summed E-state index contributed by atoms with van der Waals surface area (Å²) in [5.74, 6) is 0.962. The van der Waals surface area contributed by atoms with Crippen LogP contribution in [0.4, 0.5) is 0 Å². The van der Waals surface area contributed by atoms with Gasteiger partial charge in [-0.05, 0) is 25.7 Å². The van der Waals surface area contributed by atoms with Gasteiger partial charge in [-0.15, -0.1) is 0 Å². The molecule has 0 aromatic carbocycles. The Labute approximate surface area is 112 Å². The lowest BCUT2D eigenvalue weighted by Gasteiger charge is -2.23. The van der Waals surface area contributed by atoms with Crippen LogP contribution in [-0.4, -0.2) is 37.7 Å². The summed E-state index contributed by atoms with van der Waals surface area (Å²) < 4.78 is 5.41. The first-order chi connectivity index (χ1) is 8.38. The lowest BCUT2D eigenvalue weighted by Crippen LogP contribution is -2.46. The van der Waals surface area contributed by atoms with E-state index in [0.29, 0.717) is 31.6 Å². The van der Waals surface area contributed by atoms with Gasteiger partial charge >= 0.3 is 0 Å². The van der Waals surface area contributed by atoms with Crippen molar-refractivity contribution >= 4 is 5.91 Å². The van der Waals surface area contributed by atoms with E-state index in [4.69, 9.17) is 4.74 Å². The number of carbonyl (C=O) groups excluding carboxylic acids is 1. The van der Waals surface area contributed by atoms with Gasteiger partial charge in [-0.1, -0.05) is 27.7 Å².